The lowest BCUT2D eigenvalue weighted by Crippen LogP contribution is -2.50. The second-order valence-corrected chi connectivity index (χ2v) is 6.51. The van der Waals surface area contributed by atoms with Crippen LogP contribution in [0.5, 0.6) is 5.75 Å². The molecule has 5 heteroatoms. The van der Waals surface area contributed by atoms with Crippen molar-refractivity contribution >= 4 is 24.8 Å². The van der Waals surface area contributed by atoms with Crippen molar-refractivity contribution < 1.29 is 5.11 Å². The Balaban J connectivity index is 0.00000104. The van der Waals surface area contributed by atoms with Gasteiger partial charge in [0.2, 0.25) is 0 Å². The van der Waals surface area contributed by atoms with E-state index in [1.54, 1.807) is 6.07 Å². The van der Waals surface area contributed by atoms with Gasteiger partial charge >= 0.3 is 0 Å². The van der Waals surface area contributed by atoms with Gasteiger partial charge in [-0.25, -0.2) is 0 Å². The van der Waals surface area contributed by atoms with Crippen LogP contribution in [0.1, 0.15) is 28.7 Å². The molecule has 0 bridgehead atoms. The SMILES string of the molecule is CN1CCN2C[C@@H](c3ccccc3O)c3ccccc3[C@@H]2C1.Cl.Cl. The third kappa shape index (κ3) is 3.27. The minimum absolute atomic E-state index is 0. The fourth-order valence-electron chi connectivity index (χ4n) is 3.98. The molecule has 2 heterocycles. The molecule has 130 valence electrons. The second kappa shape index (κ2) is 7.75. The largest absolute Gasteiger partial charge is 0.508 e. The zero-order valence-corrected chi connectivity index (χ0v) is 15.4. The van der Waals surface area contributed by atoms with Gasteiger partial charge in [0.15, 0.2) is 0 Å². The van der Waals surface area contributed by atoms with Gasteiger partial charge in [-0.15, -0.1) is 24.8 Å². The number of para-hydroxylation sites is 1. The molecule has 0 amide bonds. The molecule has 2 atom stereocenters. The van der Waals surface area contributed by atoms with Gasteiger partial charge in [0, 0.05) is 43.7 Å². The summed E-state index contributed by atoms with van der Waals surface area (Å²) in [5.41, 5.74) is 3.85. The summed E-state index contributed by atoms with van der Waals surface area (Å²) < 4.78 is 0. The highest BCUT2D eigenvalue weighted by atomic mass is 35.5. The summed E-state index contributed by atoms with van der Waals surface area (Å²) in [4.78, 5) is 5.00. The normalized spacial score (nSPS) is 23.4. The Morgan fingerprint density at radius 1 is 0.833 bits per heavy atom. The molecule has 3 nitrogen and oxygen atoms in total. The van der Waals surface area contributed by atoms with Crippen molar-refractivity contribution in [1.29, 1.82) is 0 Å². The van der Waals surface area contributed by atoms with Crippen molar-refractivity contribution in [2.45, 2.75) is 12.0 Å². The molecule has 2 aromatic rings. The van der Waals surface area contributed by atoms with Crippen LogP contribution in [-0.2, 0) is 0 Å². The van der Waals surface area contributed by atoms with E-state index >= 15 is 0 Å². The number of phenolic OH excluding ortho intramolecular Hbond substituents is 1. The fourth-order valence-corrected chi connectivity index (χ4v) is 3.98. The van der Waals surface area contributed by atoms with E-state index in [0.29, 0.717) is 11.8 Å². The first-order chi connectivity index (χ1) is 10.7. The van der Waals surface area contributed by atoms with Crippen molar-refractivity contribution in [3.05, 3.63) is 65.2 Å². The molecule has 2 aliphatic heterocycles. The van der Waals surface area contributed by atoms with Crippen LogP contribution in [0.3, 0.4) is 0 Å². The molecule has 1 N–H and O–H groups in total. The van der Waals surface area contributed by atoms with E-state index in [9.17, 15) is 5.11 Å². The molecule has 0 aromatic heterocycles. The highest BCUT2D eigenvalue weighted by molar-refractivity contribution is 5.85. The molecule has 0 spiro atoms. The van der Waals surface area contributed by atoms with Gasteiger partial charge in [0.05, 0.1) is 0 Å². The van der Waals surface area contributed by atoms with E-state index in [0.717, 1.165) is 31.7 Å². The van der Waals surface area contributed by atoms with E-state index in [4.69, 9.17) is 0 Å². The number of fused-ring (bicyclic) bond motifs is 3. The number of piperazine rings is 1. The topological polar surface area (TPSA) is 26.7 Å². The average Bonchev–Trinajstić information content (AvgIpc) is 2.55. The molecule has 0 unspecified atom stereocenters. The second-order valence-electron chi connectivity index (χ2n) is 6.51. The van der Waals surface area contributed by atoms with Crippen LogP contribution in [0.15, 0.2) is 48.5 Å². The van der Waals surface area contributed by atoms with Crippen LogP contribution in [0.2, 0.25) is 0 Å². The molecular weight excluding hydrogens is 343 g/mol. The van der Waals surface area contributed by atoms with Crippen molar-refractivity contribution in [3.63, 3.8) is 0 Å². The van der Waals surface area contributed by atoms with Crippen molar-refractivity contribution in [2.75, 3.05) is 33.2 Å². The number of nitrogens with zero attached hydrogens (tertiary/aromatic N) is 2. The van der Waals surface area contributed by atoms with Crippen LogP contribution >= 0.6 is 24.8 Å². The first-order valence-corrected chi connectivity index (χ1v) is 8.03. The molecular formula is C19H24Cl2N2O. The van der Waals surface area contributed by atoms with Crippen LogP contribution in [0, 0.1) is 0 Å². The highest BCUT2D eigenvalue weighted by Crippen LogP contribution is 2.42. The van der Waals surface area contributed by atoms with Crippen molar-refractivity contribution in [2.24, 2.45) is 0 Å². The summed E-state index contributed by atoms with van der Waals surface area (Å²) in [5, 5.41) is 10.3. The van der Waals surface area contributed by atoms with Crippen LogP contribution < -0.4 is 0 Å². The molecule has 24 heavy (non-hydrogen) atoms. The van der Waals surface area contributed by atoms with Crippen molar-refractivity contribution in [1.82, 2.24) is 9.80 Å². The molecule has 2 aromatic carbocycles. The molecule has 0 saturated carbocycles. The Morgan fingerprint density at radius 3 is 2.17 bits per heavy atom. The highest BCUT2D eigenvalue weighted by Gasteiger charge is 2.36. The third-order valence-corrected chi connectivity index (χ3v) is 5.15. The lowest BCUT2D eigenvalue weighted by atomic mass is 9.80. The monoisotopic (exact) mass is 366 g/mol. The fraction of sp³-hybridized carbons (Fsp3) is 0.368. The minimum Gasteiger partial charge on any atom is -0.508 e. The number of rotatable bonds is 1. The molecule has 1 saturated heterocycles. The van der Waals surface area contributed by atoms with E-state index in [-0.39, 0.29) is 30.7 Å². The number of benzene rings is 2. The van der Waals surface area contributed by atoms with Gasteiger partial charge in [-0.05, 0) is 24.2 Å². The van der Waals surface area contributed by atoms with Gasteiger partial charge in [-0.3, -0.25) is 4.90 Å². The number of phenols is 1. The number of halogens is 2. The number of hydrogen-bond donors (Lipinski definition) is 1. The maximum Gasteiger partial charge on any atom is 0.119 e. The summed E-state index contributed by atoms with van der Waals surface area (Å²) in [5.74, 6) is 0.673. The number of likely N-dealkylation sites (N-methyl/N-ethyl adjacent to an activating group) is 1. The standard InChI is InChI=1S/C19H22N2O.2ClH/c1-20-10-11-21-12-17(16-8-4-5-9-19(16)22)14-6-2-3-7-15(14)18(21)13-20;;/h2-9,17-18,22H,10-13H2,1H3;2*1H/t17-,18+;;/m1../s1. The number of aromatic hydroxyl groups is 1. The summed E-state index contributed by atoms with van der Waals surface area (Å²) in [6.45, 7) is 4.29. The smallest absolute Gasteiger partial charge is 0.119 e. The minimum atomic E-state index is 0. The lowest BCUT2D eigenvalue weighted by molar-refractivity contribution is 0.0770. The lowest BCUT2D eigenvalue weighted by Gasteiger charge is -2.46. The molecule has 1 fully saturated rings. The zero-order chi connectivity index (χ0) is 15.1. The quantitative estimate of drug-likeness (QED) is 0.833. The Hall–Kier alpha value is -1.26. The predicted molar refractivity (Wildman–Crippen MR) is 103 cm³/mol. The maximum atomic E-state index is 10.3. The predicted octanol–water partition coefficient (Wildman–Crippen LogP) is 3.67. The zero-order valence-electron chi connectivity index (χ0n) is 13.8. The Labute approximate surface area is 156 Å². The third-order valence-electron chi connectivity index (χ3n) is 5.15. The van der Waals surface area contributed by atoms with E-state index < -0.39 is 0 Å². The van der Waals surface area contributed by atoms with E-state index in [2.05, 4.69) is 47.2 Å². The summed E-state index contributed by atoms with van der Waals surface area (Å²) in [7, 11) is 2.20. The first kappa shape index (κ1) is 19.1. The van der Waals surface area contributed by atoms with E-state index in [1.165, 1.54) is 11.1 Å². The first-order valence-electron chi connectivity index (χ1n) is 8.03. The van der Waals surface area contributed by atoms with Gasteiger partial charge in [-0.2, -0.15) is 0 Å². The molecule has 4 rings (SSSR count). The Morgan fingerprint density at radius 2 is 1.46 bits per heavy atom. The Bertz CT molecular complexity index is 695. The maximum absolute atomic E-state index is 10.3. The molecule has 0 radical (unpaired) electrons. The average molecular weight is 367 g/mol. The summed E-state index contributed by atoms with van der Waals surface area (Å²) >= 11 is 0. The summed E-state index contributed by atoms with van der Waals surface area (Å²) in [6.07, 6.45) is 0. The number of hydrogen-bond acceptors (Lipinski definition) is 3. The van der Waals surface area contributed by atoms with Gasteiger partial charge < -0.3 is 10.0 Å². The van der Waals surface area contributed by atoms with Crippen LogP contribution in [0.25, 0.3) is 0 Å². The van der Waals surface area contributed by atoms with E-state index in [1.807, 2.05) is 12.1 Å². The summed E-state index contributed by atoms with van der Waals surface area (Å²) in [6, 6.07) is 17.0. The molecule has 2 aliphatic rings. The Kier molecular flexibility index (Phi) is 6.16. The molecule has 0 aliphatic carbocycles. The van der Waals surface area contributed by atoms with Gasteiger partial charge in [-0.1, -0.05) is 42.5 Å². The van der Waals surface area contributed by atoms with Crippen LogP contribution in [0.4, 0.5) is 0 Å². The van der Waals surface area contributed by atoms with Gasteiger partial charge in [0.25, 0.3) is 0 Å². The van der Waals surface area contributed by atoms with Gasteiger partial charge in [0.1, 0.15) is 5.75 Å². The van der Waals surface area contributed by atoms with Crippen LogP contribution in [-0.4, -0.2) is 48.1 Å². The van der Waals surface area contributed by atoms with Crippen molar-refractivity contribution in [3.8, 4) is 5.75 Å².